The quantitative estimate of drug-likeness (QED) is 0.918. The van der Waals surface area contributed by atoms with E-state index in [0.717, 1.165) is 23.5 Å². The average molecular weight is 311 g/mol. The lowest BCUT2D eigenvalue weighted by atomic mass is 9.93. The van der Waals surface area contributed by atoms with Crippen LogP contribution in [0.5, 0.6) is 0 Å². The van der Waals surface area contributed by atoms with E-state index in [4.69, 9.17) is 0 Å². The van der Waals surface area contributed by atoms with E-state index >= 15 is 0 Å². The molecular formula is C15H23BrN2. The first-order valence-corrected chi connectivity index (χ1v) is 7.68. The van der Waals surface area contributed by atoms with Crippen LogP contribution < -0.4 is 5.32 Å². The van der Waals surface area contributed by atoms with Gasteiger partial charge in [-0.25, -0.2) is 0 Å². The largest absolute Gasteiger partial charge is 0.314 e. The van der Waals surface area contributed by atoms with Gasteiger partial charge in [0.1, 0.15) is 0 Å². The molecule has 2 rings (SSSR count). The number of piperidine rings is 1. The predicted molar refractivity (Wildman–Crippen MR) is 80.7 cm³/mol. The van der Waals surface area contributed by atoms with Gasteiger partial charge in [-0.2, -0.15) is 0 Å². The van der Waals surface area contributed by atoms with E-state index in [1.165, 1.54) is 25.1 Å². The number of hydrogen-bond acceptors (Lipinski definition) is 2. The Hall–Kier alpha value is -0.380. The Balaban J connectivity index is 1.87. The number of hydrogen-bond donors (Lipinski definition) is 1. The highest BCUT2D eigenvalue weighted by molar-refractivity contribution is 9.10. The molecule has 0 aliphatic carbocycles. The molecule has 1 aromatic rings. The topological polar surface area (TPSA) is 15.3 Å². The fourth-order valence-corrected chi connectivity index (χ4v) is 3.05. The minimum absolute atomic E-state index is 0.705. The zero-order chi connectivity index (χ0) is 13.0. The molecular weight excluding hydrogens is 288 g/mol. The Morgan fingerprint density at radius 2 is 2.06 bits per heavy atom. The molecule has 18 heavy (non-hydrogen) atoms. The van der Waals surface area contributed by atoms with Crippen molar-refractivity contribution < 1.29 is 0 Å². The molecule has 1 N–H and O–H groups in total. The van der Waals surface area contributed by atoms with Crippen LogP contribution in [0.3, 0.4) is 0 Å². The van der Waals surface area contributed by atoms with Gasteiger partial charge in [-0.1, -0.05) is 41.9 Å². The van der Waals surface area contributed by atoms with E-state index in [0.29, 0.717) is 6.04 Å². The minimum Gasteiger partial charge on any atom is -0.314 e. The van der Waals surface area contributed by atoms with Gasteiger partial charge in [0, 0.05) is 23.6 Å². The van der Waals surface area contributed by atoms with E-state index in [1.54, 1.807) is 0 Å². The molecule has 1 aliphatic rings. The van der Waals surface area contributed by atoms with Gasteiger partial charge >= 0.3 is 0 Å². The smallest absolute Gasteiger partial charge is 0.0233 e. The summed E-state index contributed by atoms with van der Waals surface area (Å²) in [5, 5.41) is 3.59. The summed E-state index contributed by atoms with van der Waals surface area (Å²) in [6.07, 6.45) is 1.27. The summed E-state index contributed by atoms with van der Waals surface area (Å²) < 4.78 is 1.16. The molecule has 2 nitrogen and oxygen atoms in total. The maximum absolute atomic E-state index is 3.59. The summed E-state index contributed by atoms with van der Waals surface area (Å²) in [4.78, 5) is 2.57. The summed E-state index contributed by atoms with van der Waals surface area (Å²) in [6.45, 7) is 9.13. The summed E-state index contributed by atoms with van der Waals surface area (Å²) in [6, 6.07) is 9.39. The standard InChI is InChI=1S/C15H23BrN2/c1-3-17-15-8-9-18(10-12(15)2)11-13-4-6-14(16)7-5-13/h4-7,12,15,17H,3,8-11H2,1-2H3. The van der Waals surface area contributed by atoms with Crippen LogP contribution >= 0.6 is 15.9 Å². The Kier molecular flexibility index (Phi) is 5.22. The Labute approximate surface area is 119 Å². The first-order valence-electron chi connectivity index (χ1n) is 6.89. The molecule has 1 heterocycles. The fourth-order valence-electron chi connectivity index (χ4n) is 2.79. The molecule has 100 valence electrons. The highest BCUT2D eigenvalue weighted by Crippen LogP contribution is 2.19. The molecule has 2 atom stereocenters. The average Bonchev–Trinajstić information content (AvgIpc) is 2.36. The third-order valence-electron chi connectivity index (χ3n) is 3.78. The van der Waals surface area contributed by atoms with Gasteiger partial charge in [-0.05, 0) is 43.1 Å². The van der Waals surface area contributed by atoms with Crippen molar-refractivity contribution in [3.8, 4) is 0 Å². The highest BCUT2D eigenvalue weighted by atomic mass is 79.9. The monoisotopic (exact) mass is 310 g/mol. The van der Waals surface area contributed by atoms with Crippen LogP contribution in [0.1, 0.15) is 25.8 Å². The number of rotatable bonds is 4. The second-order valence-corrected chi connectivity index (χ2v) is 6.21. The van der Waals surface area contributed by atoms with Crippen molar-refractivity contribution in [2.45, 2.75) is 32.9 Å². The lowest BCUT2D eigenvalue weighted by Crippen LogP contribution is -2.47. The Morgan fingerprint density at radius 1 is 1.33 bits per heavy atom. The Bertz CT molecular complexity index is 363. The van der Waals surface area contributed by atoms with Crippen LogP contribution in [0.15, 0.2) is 28.7 Å². The van der Waals surface area contributed by atoms with Crippen LogP contribution in [0.2, 0.25) is 0 Å². The van der Waals surface area contributed by atoms with Gasteiger partial charge in [0.15, 0.2) is 0 Å². The molecule has 0 bridgehead atoms. The normalized spacial score (nSPS) is 25.3. The van der Waals surface area contributed by atoms with Gasteiger partial charge in [-0.3, -0.25) is 4.90 Å². The van der Waals surface area contributed by atoms with Gasteiger partial charge < -0.3 is 5.32 Å². The van der Waals surface area contributed by atoms with Crippen LogP contribution in [-0.4, -0.2) is 30.6 Å². The summed E-state index contributed by atoms with van der Waals surface area (Å²) in [5.74, 6) is 0.745. The summed E-state index contributed by atoms with van der Waals surface area (Å²) >= 11 is 3.48. The first-order chi connectivity index (χ1) is 8.69. The van der Waals surface area contributed by atoms with Crippen molar-refractivity contribution in [2.75, 3.05) is 19.6 Å². The molecule has 0 spiro atoms. The molecule has 1 saturated heterocycles. The van der Waals surface area contributed by atoms with Gasteiger partial charge in [0.25, 0.3) is 0 Å². The fraction of sp³-hybridized carbons (Fsp3) is 0.600. The predicted octanol–water partition coefficient (Wildman–Crippen LogP) is 3.27. The second kappa shape index (κ2) is 6.69. The van der Waals surface area contributed by atoms with Crippen molar-refractivity contribution >= 4 is 15.9 Å². The highest BCUT2D eigenvalue weighted by Gasteiger charge is 2.24. The van der Waals surface area contributed by atoms with Gasteiger partial charge in [0.2, 0.25) is 0 Å². The zero-order valence-electron chi connectivity index (χ0n) is 11.3. The van der Waals surface area contributed by atoms with E-state index in [9.17, 15) is 0 Å². The molecule has 0 amide bonds. The van der Waals surface area contributed by atoms with E-state index < -0.39 is 0 Å². The Morgan fingerprint density at radius 3 is 2.67 bits per heavy atom. The van der Waals surface area contributed by atoms with Crippen LogP contribution in [0.25, 0.3) is 0 Å². The van der Waals surface area contributed by atoms with Crippen LogP contribution in [0, 0.1) is 5.92 Å². The SMILES string of the molecule is CCNC1CCN(Cc2ccc(Br)cc2)CC1C. The molecule has 0 saturated carbocycles. The molecule has 1 aromatic carbocycles. The van der Waals surface area contributed by atoms with Crippen molar-refractivity contribution in [1.82, 2.24) is 10.2 Å². The van der Waals surface area contributed by atoms with E-state index in [2.05, 4.69) is 64.3 Å². The summed E-state index contributed by atoms with van der Waals surface area (Å²) in [7, 11) is 0. The second-order valence-electron chi connectivity index (χ2n) is 5.29. The lowest BCUT2D eigenvalue weighted by molar-refractivity contribution is 0.142. The number of nitrogens with one attached hydrogen (secondary N) is 1. The lowest BCUT2D eigenvalue weighted by Gasteiger charge is -2.37. The zero-order valence-corrected chi connectivity index (χ0v) is 12.9. The first kappa shape index (κ1) is 14.0. The van der Waals surface area contributed by atoms with E-state index in [1.807, 2.05) is 0 Å². The van der Waals surface area contributed by atoms with Crippen molar-refractivity contribution in [1.29, 1.82) is 0 Å². The molecule has 1 aliphatic heterocycles. The number of nitrogens with zero attached hydrogens (tertiary/aromatic N) is 1. The molecule has 0 aromatic heterocycles. The maximum atomic E-state index is 3.59. The van der Waals surface area contributed by atoms with Crippen molar-refractivity contribution in [3.63, 3.8) is 0 Å². The van der Waals surface area contributed by atoms with Crippen LogP contribution in [-0.2, 0) is 6.54 Å². The molecule has 1 fully saturated rings. The van der Waals surface area contributed by atoms with Crippen molar-refractivity contribution in [2.24, 2.45) is 5.92 Å². The minimum atomic E-state index is 0.705. The van der Waals surface area contributed by atoms with Gasteiger partial charge in [-0.15, -0.1) is 0 Å². The number of benzene rings is 1. The number of halogens is 1. The molecule has 2 unspecified atom stereocenters. The molecule has 0 radical (unpaired) electrons. The molecule has 3 heteroatoms. The van der Waals surface area contributed by atoms with Crippen LogP contribution in [0.4, 0.5) is 0 Å². The van der Waals surface area contributed by atoms with Gasteiger partial charge in [0.05, 0.1) is 0 Å². The number of likely N-dealkylation sites (tertiary alicyclic amines) is 1. The summed E-state index contributed by atoms with van der Waals surface area (Å²) in [5.41, 5.74) is 1.41. The van der Waals surface area contributed by atoms with E-state index in [-0.39, 0.29) is 0 Å². The third kappa shape index (κ3) is 3.81. The van der Waals surface area contributed by atoms with Crippen molar-refractivity contribution in [3.05, 3.63) is 34.3 Å². The maximum Gasteiger partial charge on any atom is 0.0233 e. The third-order valence-corrected chi connectivity index (χ3v) is 4.30.